The Hall–Kier alpha value is -2.68. The van der Waals surface area contributed by atoms with Crippen LogP contribution in [0.4, 0.5) is 5.69 Å². The average molecular weight is 432 g/mol. The van der Waals surface area contributed by atoms with E-state index in [2.05, 4.69) is 5.32 Å². The number of benzene rings is 1. The number of amides is 1. The third-order valence-corrected chi connectivity index (χ3v) is 6.59. The number of hydrogen-bond acceptors (Lipinski definition) is 7. The van der Waals surface area contributed by atoms with Crippen LogP contribution >= 0.6 is 11.8 Å². The number of carbonyl (C=O) groups is 1. The van der Waals surface area contributed by atoms with Gasteiger partial charge in [-0.2, -0.15) is 0 Å². The highest BCUT2D eigenvalue weighted by atomic mass is 32.2. The maximum atomic E-state index is 13.0. The normalized spacial score (nSPS) is 17.1. The second-order valence-corrected chi connectivity index (χ2v) is 8.32. The summed E-state index contributed by atoms with van der Waals surface area (Å²) in [4.78, 5) is 30.5. The molecule has 30 heavy (non-hydrogen) atoms. The van der Waals surface area contributed by atoms with Gasteiger partial charge in [-0.3, -0.25) is 14.2 Å². The Morgan fingerprint density at radius 3 is 2.53 bits per heavy atom. The van der Waals surface area contributed by atoms with Gasteiger partial charge < -0.3 is 19.5 Å². The maximum Gasteiger partial charge on any atom is 0.257 e. The number of aryl methyl sites for hydroxylation is 1. The lowest BCUT2D eigenvalue weighted by atomic mass is 9.97. The summed E-state index contributed by atoms with van der Waals surface area (Å²) >= 11 is 1.54. The lowest BCUT2D eigenvalue weighted by Gasteiger charge is -2.19. The molecule has 4 rings (SSSR count). The van der Waals surface area contributed by atoms with Crippen molar-refractivity contribution in [2.75, 3.05) is 32.4 Å². The fraction of sp³-hybridized carbons (Fsp3) is 0.476. The number of nitrogens with one attached hydrogen (secondary N) is 1. The number of rotatable bonds is 6. The fourth-order valence-electron chi connectivity index (χ4n) is 4.04. The molecule has 9 heteroatoms. The zero-order chi connectivity index (χ0) is 21.3. The van der Waals surface area contributed by atoms with Gasteiger partial charge in [-0.05, 0) is 25.7 Å². The molecule has 0 fully saturated rings. The molecule has 0 saturated heterocycles. The molecule has 1 unspecified atom stereocenters. The number of anilines is 1. The van der Waals surface area contributed by atoms with Crippen LogP contribution in [0.3, 0.4) is 0 Å². The first kappa shape index (κ1) is 20.6. The molecule has 1 amide bonds. The van der Waals surface area contributed by atoms with Gasteiger partial charge in [-0.1, -0.05) is 11.8 Å². The van der Waals surface area contributed by atoms with Crippen LogP contribution in [0.1, 0.15) is 36.6 Å². The van der Waals surface area contributed by atoms with Gasteiger partial charge in [0.1, 0.15) is 0 Å². The van der Waals surface area contributed by atoms with Crippen LogP contribution in [0.2, 0.25) is 0 Å². The molecule has 8 nitrogen and oxygen atoms in total. The fourth-order valence-corrected chi connectivity index (χ4v) is 5.20. The Balaban J connectivity index is 1.54. The van der Waals surface area contributed by atoms with Crippen LogP contribution in [0.25, 0.3) is 0 Å². The van der Waals surface area contributed by atoms with Gasteiger partial charge in [0.25, 0.3) is 5.56 Å². The molecule has 1 aromatic carbocycles. The number of ether oxygens (including phenoxy) is 3. The highest BCUT2D eigenvalue weighted by molar-refractivity contribution is 7.99. The van der Waals surface area contributed by atoms with Gasteiger partial charge in [0, 0.05) is 35.6 Å². The van der Waals surface area contributed by atoms with Crippen LogP contribution in [-0.2, 0) is 17.6 Å². The predicted molar refractivity (Wildman–Crippen MR) is 114 cm³/mol. The van der Waals surface area contributed by atoms with Crippen LogP contribution in [0, 0.1) is 0 Å². The lowest BCUT2D eigenvalue weighted by molar-refractivity contribution is -0.116. The molecular weight excluding hydrogens is 406 g/mol. The zero-order valence-corrected chi connectivity index (χ0v) is 18.1. The molecular formula is C21H25N3O5S. The SMILES string of the molecule is COc1cc(NC(=O)CC2CSc3nc4c(c(=O)n32)CCCC4)cc(OC)c1OC. The summed E-state index contributed by atoms with van der Waals surface area (Å²) < 4.78 is 17.7. The molecule has 1 atom stereocenters. The molecule has 2 heterocycles. The van der Waals surface area contributed by atoms with Gasteiger partial charge in [0.05, 0.1) is 33.1 Å². The Labute approximate surface area is 178 Å². The maximum absolute atomic E-state index is 13.0. The summed E-state index contributed by atoms with van der Waals surface area (Å²) in [5, 5.41) is 3.61. The number of nitrogens with zero attached hydrogens (tertiary/aromatic N) is 2. The van der Waals surface area contributed by atoms with E-state index in [1.807, 2.05) is 0 Å². The molecule has 1 aliphatic carbocycles. The smallest absolute Gasteiger partial charge is 0.257 e. The Bertz CT molecular complexity index is 1010. The van der Waals surface area contributed by atoms with Crippen molar-refractivity contribution in [3.63, 3.8) is 0 Å². The first-order valence-corrected chi connectivity index (χ1v) is 10.9. The molecule has 0 bridgehead atoms. The number of aromatic nitrogens is 2. The first-order valence-electron chi connectivity index (χ1n) is 9.92. The van der Waals surface area contributed by atoms with Crippen LogP contribution in [0.15, 0.2) is 22.1 Å². The van der Waals surface area contributed by atoms with Crippen molar-refractivity contribution in [1.82, 2.24) is 9.55 Å². The third-order valence-electron chi connectivity index (χ3n) is 5.49. The quantitative estimate of drug-likeness (QED) is 0.703. The van der Waals surface area contributed by atoms with Crippen molar-refractivity contribution >= 4 is 23.4 Å². The van der Waals surface area contributed by atoms with E-state index in [9.17, 15) is 9.59 Å². The van der Waals surface area contributed by atoms with E-state index in [0.29, 0.717) is 28.7 Å². The summed E-state index contributed by atoms with van der Waals surface area (Å²) in [6.45, 7) is 0. The van der Waals surface area contributed by atoms with Gasteiger partial charge >= 0.3 is 0 Å². The highest BCUT2D eigenvalue weighted by Gasteiger charge is 2.30. The topological polar surface area (TPSA) is 91.7 Å². The standard InChI is InChI=1S/C21H25N3O5S/c1-27-16-8-12(9-17(28-2)19(16)29-3)22-18(25)10-13-11-30-21-23-15-7-5-4-6-14(15)20(26)24(13)21/h8-9,13H,4-7,10-11H2,1-3H3,(H,22,25). The van der Waals surface area contributed by atoms with E-state index in [0.717, 1.165) is 42.1 Å². The van der Waals surface area contributed by atoms with Crippen molar-refractivity contribution < 1.29 is 19.0 Å². The largest absolute Gasteiger partial charge is 0.493 e. The zero-order valence-electron chi connectivity index (χ0n) is 17.3. The number of methoxy groups -OCH3 is 3. The summed E-state index contributed by atoms with van der Waals surface area (Å²) in [7, 11) is 4.57. The van der Waals surface area contributed by atoms with E-state index in [-0.39, 0.29) is 23.9 Å². The van der Waals surface area contributed by atoms with Crippen molar-refractivity contribution in [1.29, 1.82) is 0 Å². The Morgan fingerprint density at radius 2 is 1.87 bits per heavy atom. The molecule has 2 aliphatic rings. The molecule has 0 saturated carbocycles. The Kier molecular flexibility index (Phi) is 5.90. The Morgan fingerprint density at radius 1 is 1.17 bits per heavy atom. The second-order valence-electron chi connectivity index (χ2n) is 7.33. The number of carbonyl (C=O) groups excluding carboxylic acids is 1. The summed E-state index contributed by atoms with van der Waals surface area (Å²) in [5.74, 6) is 1.85. The molecule has 0 spiro atoms. The minimum absolute atomic E-state index is 0.0188. The van der Waals surface area contributed by atoms with Gasteiger partial charge in [-0.15, -0.1) is 0 Å². The molecule has 160 valence electrons. The number of hydrogen-bond donors (Lipinski definition) is 1. The van der Waals surface area contributed by atoms with Crippen molar-refractivity contribution in [3.8, 4) is 17.2 Å². The van der Waals surface area contributed by atoms with Gasteiger partial charge in [0.2, 0.25) is 11.7 Å². The molecule has 1 aromatic heterocycles. The van der Waals surface area contributed by atoms with E-state index in [4.69, 9.17) is 19.2 Å². The monoisotopic (exact) mass is 431 g/mol. The lowest BCUT2D eigenvalue weighted by Crippen LogP contribution is -2.32. The molecule has 2 aromatic rings. The summed E-state index contributed by atoms with van der Waals surface area (Å²) in [5.41, 5.74) is 2.32. The van der Waals surface area contributed by atoms with Crippen molar-refractivity contribution in [2.45, 2.75) is 43.3 Å². The van der Waals surface area contributed by atoms with Crippen LogP contribution < -0.4 is 25.1 Å². The van der Waals surface area contributed by atoms with Crippen molar-refractivity contribution in [3.05, 3.63) is 33.7 Å². The minimum atomic E-state index is -0.209. The van der Waals surface area contributed by atoms with E-state index in [1.54, 1.807) is 28.5 Å². The molecule has 1 N–H and O–H groups in total. The summed E-state index contributed by atoms with van der Waals surface area (Å²) in [6, 6.07) is 3.15. The predicted octanol–water partition coefficient (Wildman–Crippen LogP) is 2.82. The van der Waals surface area contributed by atoms with Gasteiger partial charge in [0.15, 0.2) is 16.7 Å². The second kappa shape index (κ2) is 8.59. The number of thioether (sulfide) groups is 1. The average Bonchev–Trinajstić information content (AvgIpc) is 3.15. The van der Waals surface area contributed by atoms with Crippen LogP contribution in [0.5, 0.6) is 17.2 Å². The van der Waals surface area contributed by atoms with E-state index >= 15 is 0 Å². The number of fused-ring (bicyclic) bond motifs is 2. The van der Waals surface area contributed by atoms with Crippen molar-refractivity contribution in [2.24, 2.45) is 0 Å². The van der Waals surface area contributed by atoms with E-state index < -0.39 is 0 Å². The minimum Gasteiger partial charge on any atom is -0.493 e. The summed E-state index contributed by atoms with van der Waals surface area (Å²) in [6.07, 6.45) is 3.93. The van der Waals surface area contributed by atoms with Gasteiger partial charge in [-0.25, -0.2) is 4.98 Å². The molecule has 0 radical (unpaired) electrons. The molecule has 1 aliphatic heterocycles. The van der Waals surface area contributed by atoms with Crippen LogP contribution in [-0.4, -0.2) is 42.5 Å². The third kappa shape index (κ3) is 3.74. The van der Waals surface area contributed by atoms with E-state index in [1.165, 1.54) is 21.3 Å². The first-order chi connectivity index (χ1) is 14.5. The highest BCUT2D eigenvalue weighted by Crippen LogP contribution is 2.40.